The summed E-state index contributed by atoms with van der Waals surface area (Å²) in [4.78, 5) is 8.23. The lowest BCUT2D eigenvalue weighted by atomic mass is 10.2. The lowest BCUT2D eigenvalue weighted by Gasteiger charge is -2.09. The van der Waals surface area contributed by atoms with Crippen molar-refractivity contribution in [1.29, 1.82) is 0 Å². The third-order valence-electron chi connectivity index (χ3n) is 2.89. The molecule has 2 rings (SSSR count). The number of rotatable bonds is 5. The minimum atomic E-state index is 0.459. The van der Waals surface area contributed by atoms with Crippen molar-refractivity contribution in [3.8, 4) is 0 Å². The fourth-order valence-corrected chi connectivity index (χ4v) is 1.87. The van der Waals surface area contributed by atoms with Crippen LogP contribution in [0.3, 0.4) is 0 Å². The van der Waals surface area contributed by atoms with Crippen LogP contribution in [-0.2, 0) is 13.0 Å². The van der Waals surface area contributed by atoms with Crippen LogP contribution in [0.25, 0.3) is 0 Å². The van der Waals surface area contributed by atoms with Crippen LogP contribution in [0.1, 0.15) is 11.4 Å². The van der Waals surface area contributed by atoms with Crippen molar-refractivity contribution in [3.05, 3.63) is 54.1 Å². The van der Waals surface area contributed by atoms with Crippen LogP contribution in [0, 0.1) is 0 Å². The maximum Gasteiger partial charge on any atom is 0.188 e. The third-order valence-corrected chi connectivity index (χ3v) is 2.89. The minimum Gasteiger partial charge on any atom is -0.370 e. The summed E-state index contributed by atoms with van der Waals surface area (Å²) < 4.78 is 2.15. The van der Waals surface area contributed by atoms with Gasteiger partial charge < -0.3 is 15.6 Å². The number of hydrogen-bond donors (Lipinski definition) is 2. The van der Waals surface area contributed by atoms with Crippen molar-refractivity contribution in [2.45, 2.75) is 13.0 Å². The number of aliphatic imine (C=N–C) groups is 1. The number of nitrogens with one attached hydrogen (secondary N) is 1. The molecule has 0 radical (unpaired) electrons. The van der Waals surface area contributed by atoms with Gasteiger partial charge in [-0.25, -0.2) is 4.98 Å². The van der Waals surface area contributed by atoms with Crippen LogP contribution < -0.4 is 11.1 Å². The second kappa shape index (κ2) is 6.58. The molecule has 2 aromatic rings. The van der Waals surface area contributed by atoms with Crippen LogP contribution in [-0.4, -0.2) is 29.1 Å². The van der Waals surface area contributed by atoms with Gasteiger partial charge >= 0.3 is 0 Å². The molecule has 0 aliphatic heterocycles. The number of nitrogens with zero attached hydrogens (tertiary/aromatic N) is 3. The number of nitrogens with two attached hydrogens (primary N) is 1. The summed E-state index contributed by atoms with van der Waals surface area (Å²) in [6.07, 6.45) is 4.64. The molecule has 0 aliphatic carbocycles. The van der Waals surface area contributed by atoms with Gasteiger partial charge in [0.2, 0.25) is 0 Å². The Morgan fingerprint density at radius 3 is 2.89 bits per heavy atom. The van der Waals surface area contributed by atoms with E-state index in [9.17, 15) is 0 Å². The predicted octanol–water partition coefficient (Wildman–Crippen LogP) is 1.01. The minimum absolute atomic E-state index is 0.459. The SMILES string of the molecule is CN=C(N)NCCc1nccn1Cc1ccccc1. The molecule has 0 atom stereocenters. The molecule has 1 aromatic heterocycles. The van der Waals surface area contributed by atoms with Gasteiger partial charge in [0.25, 0.3) is 0 Å². The van der Waals surface area contributed by atoms with E-state index >= 15 is 0 Å². The van der Waals surface area contributed by atoms with Gasteiger partial charge in [0.1, 0.15) is 5.82 Å². The average Bonchev–Trinajstić information content (AvgIpc) is 2.87. The molecule has 0 saturated carbocycles. The van der Waals surface area contributed by atoms with Crippen molar-refractivity contribution >= 4 is 5.96 Å². The van der Waals surface area contributed by atoms with E-state index in [2.05, 4.69) is 32.0 Å². The highest BCUT2D eigenvalue weighted by molar-refractivity contribution is 5.77. The highest BCUT2D eigenvalue weighted by Gasteiger charge is 2.03. The quantitative estimate of drug-likeness (QED) is 0.620. The van der Waals surface area contributed by atoms with Gasteiger partial charge in [-0.1, -0.05) is 30.3 Å². The molecule has 0 bridgehead atoms. The first-order chi connectivity index (χ1) is 9.29. The van der Waals surface area contributed by atoms with Gasteiger partial charge in [0.15, 0.2) is 5.96 Å². The summed E-state index contributed by atoms with van der Waals surface area (Å²) >= 11 is 0. The normalized spacial score (nSPS) is 11.5. The Bertz CT molecular complexity index is 530. The molecular weight excluding hydrogens is 238 g/mol. The van der Waals surface area contributed by atoms with E-state index in [1.165, 1.54) is 5.56 Å². The Morgan fingerprint density at radius 1 is 1.37 bits per heavy atom. The smallest absolute Gasteiger partial charge is 0.188 e. The molecular formula is C14H19N5. The van der Waals surface area contributed by atoms with Crippen LogP contribution in [0.15, 0.2) is 47.7 Å². The van der Waals surface area contributed by atoms with Crippen molar-refractivity contribution in [3.63, 3.8) is 0 Å². The fourth-order valence-electron chi connectivity index (χ4n) is 1.87. The number of benzene rings is 1. The standard InChI is InChI=1S/C14H19N5/c1-16-14(15)18-8-7-13-17-9-10-19(13)11-12-5-3-2-4-6-12/h2-6,9-10H,7-8,11H2,1H3,(H3,15,16,18). The Hall–Kier alpha value is -2.30. The van der Waals surface area contributed by atoms with Crippen molar-refractivity contribution < 1.29 is 0 Å². The summed E-state index contributed by atoms with van der Waals surface area (Å²) in [5.74, 6) is 1.50. The second-order valence-corrected chi connectivity index (χ2v) is 4.24. The molecule has 5 heteroatoms. The lowest BCUT2D eigenvalue weighted by molar-refractivity contribution is 0.700. The first kappa shape index (κ1) is 13.1. The van der Waals surface area contributed by atoms with E-state index < -0.39 is 0 Å². The topological polar surface area (TPSA) is 68.2 Å². The highest BCUT2D eigenvalue weighted by Crippen LogP contribution is 2.05. The summed E-state index contributed by atoms with van der Waals surface area (Å²) in [5.41, 5.74) is 6.85. The molecule has 0 aliphatic rings. The van der Waals surface area contributed by atoms with Gasteiger partial charge in [-0.15, -0.1) is 0 Å². The molecule has 19 heavy (non-hydrogen) atoms. The molecule has 1 aromatic carbocycles. The maximum atomic E-state index is 5.59. The van der Waals surface area contributed by atoms with E-state index in [1.807, 2.05) is 30.6 Å². The number of aromatic nitrogens is 2. The average molecular weight is 257 g/mol. The Labute approximate surface area is 113 Å². The van der Waals surface area contributed by atoms with Crippen molar-refractivity contribution in [2.75, 3.05) is 13.6 Å². The van der Waals surface area contributed by atoms with Gasteiger partial charge in [-0.2, -0.15) is 0 Å². The summed E-state index contributed by atoms with van der Waals surface area (Å²) in [6, 6.07) is 10.3. The Kier molecular flexibility index (Phi) is 4.55. The van der Waals surface area contributed by atoms with Gasteiger partial charge in [-0.05, 0) is 5.56 Å². The van der Waals surface area contributed by atoms with E-state index in [1.54, 1.807) is 7.05 Å². The largest absolute Gasteiger partial charge is 0.370 e. The van der Waals surface area contributed by atoms with Gasteiger partial charge in [0, 0.05) is 39.0 Å². The number of guanidine groups is 1. The Morgan fingerprint density at radius 2 is 2.16 bits per heavy atom. The first-order valence-corrected chi connectivity index (χ1v) is 6.29. The fraction of sp³-hybridized carbons (Fsp3) is 0.286. The molecule has 0 fully saturated rings. The van der Waals surface area contributed by atoms with E-state index in [4.69, 9.17) is 5.73 Å². The molecule has 5 nitrogen and oxygen atoms in total. The summed E-state index contributed by atoms with van der Waals surface area (Å²) in [7, 11) is 1.67. The predicted molar refractivity (Wildman–Crippen MR) is 77.0 cm³/mol. The van der Waals surface area contributed by atoms with E-state index in [0.717, 1.165) is 25.3 Å². The monoisotopic (exact) mass is 257 g/mol. The zero-order valence-electron chi connectivity index (χ0n) is 11.1. The highest BCUT2D eigenvalue weighted by atomic mass is 15.1. The third kappa shape index (κ3) is 3.84. The van der Waals surface area contributed by atoms with Gasteiger partial charge in [-0.3, -0.25) is 4.99 Å². The van der Waals surface area contributed by atoms with Gasteiger partial charge in [0.05, 0.1) is 0 Å². The molecule has 0 unspecified atom stereocenters. The Balaban J connectivity index is 1.94. The molecule has 0 spiro atoms. The zero-order valence-corrected chi connectivity index (χ0v) is 11.1. The molecule has 1 heterocycles. The zero-order chi connectivity index (χ0) is 13.5. The molecule has 0 amide bonds. The van der Waals surface area contributed by atoms with Crippen molar-refractivity contribution in [2.24, 2.45) is 10.7 Å². The summed E-state index contributed by atoms with van der Waals surface area (Å²) in [6.45, 7) is 1.57. The molecule has 0 saturated heterocycles. The van der Waals surface area contributed by atoms with E-state index in [0.29, 0.717) is 5.96 Å². The van der Waals surface area contributed by atoms with Crippen LogP contribution in [0.4, 0.5) is 0 Å². The molecule has 100 valence electrons. The molecule has 3 N–H and O–H groups in total. The second-order valence-electron chi connectivity index (χ2n) is 4.24. The van der Waals surface area contributed by atoms with E-state index in [-0.39, 0.29) is 0 Å². The van der Waals surface area contributed by atoms with Crippen LogP contribution in [0.5, 0.6) is 0 Å². The number of imidazole rings is 1. The first-order valence-electron chi connectivity index (χ1n) is 6.29. The summed E-state index contributed by atoms with van der Waals surface area (Å²) in [5, 5.41) is 3.04. The van der Waals surface area contributed by atoms with Crippen LogP contribution >= 0.6 is 0 Å². The van der Waals surface area contributed by atoms with Crippen molar-refractivity contribution in [1.82, 2.24) is 14.9 Å². The lowest BCUT2D eigenvalue weighted by Crippen LogP contribution is -2.33. The maximum absolute atomic E-state index is 5.59. The van der Waals surface area contributed by atoms with Crippen LogP contribution in [0.2, 0.25) is 0 Å². The number of hydrogen-bond acceptors (Lipinski definition) is 2.